The van der Waals surface area contributed by atoms with E-state index in [1.165, 1.54) is 35.7 Å². The largest absolute Gasteiger partial charge is 1.00 e. The summed E-state index contributed by atoms with van der Waals surface area (Å²) < 4.78 is 40.6. The number of ether oxygens (including phenoxy) is 3. The molecule has 4 aromatic carbocycles. The van der Waals surface area contributed by atoms with Crippen molar-refractivity contribution < 1.29 is 72.2 Å². The van der Waals surface area contributed by atoms with Gasteiger partial charge in [-0.15, -0.1) is 23.5 Å². The maximum atomic E-state index is 12.9. The van der Waals surface area contributed by atoms with Crippen LogP contribution in [0.3, 0.4) is 0 Å². The van der Waals surface area contributed by atoms with Crippen LogP contribution in [0.1, 0.15) is 55.8 Å². The van der Waals surface area contributed by atoms with Crippen molar-refractivity contribution in [1.29, 1.82) is 0 Å². The molecule has 0 amide bonds. The molecule has 0 saturated carbocycles. The smallest absolute Gasteiger partial charge is 0.870 e. The summed E-state index contributed by atoms with van der Waals surface area (Å²) in [6.45, 7) is -1.14. The Kier molecular flexibility index (Phi) is 22.1. The molecule has 1 fully saturated rings. The van der Waals surface area contributed by atoms with E-state index in [1.54, 1.807) is 38.5 Å². The Hall–Kier alpha value is -3.38. The monoisotopic (exact) mass is 738 g/mol. The Morgan fingerprint density at radius 2 is 1.22 bits per heavy atom. The third-order valence-corrected chi connectivity index (χ3v) is 9.08. The number of alkyl halides is 2. The van der Waals surface area contributed by atoms with Crippen molar-refractivity contribution in [3.05, 3.63) is 118 Å². The molecule has 1 atom stereocenters. The first kappa shape index (κ1) is 45.6. The second-order valence-corrected chi connectivity index (χ2v) is 12.7. The molecule has 5 rings (SSSR count). The quantitative estimate of drug-likeness (QED) is 0.0992. The van der Waals surface area contributed by atoms with Crippen molar-refractivity contribution in [2.24, 2.45) is 0 Å². The molecule has 1 aliphatic heterocycles. The fraction of sp³-hybridized carbons (Fsp3) is 0.297. The Balaban J connectivity index is 0.000000423. The molecule has 9 nitrogen and oxygen atoms in total. The summed E-state index contributed by atoms with van der Waals surface area (Å²) in [4.78, 5) is 24.2. The van der Waals surface area contributed by atoms with E-state index in [1.807, 2.05) is 48.5 Å². The van der Waals surface area contributed by atoms with Crippen molar-refractivity contribution >= 4 is 35.3 Å². The van der Waals surface area contributed by atoms with Crippen LogP contribution in [0.15, 0.2) is 94.7 Å². The summed E-state index contributed by atoms with van der Waals surface area (Å²) >= 11 is 2.99. The maximum absolute atomic E-state index is 12.9. The number of Topliss-reactive ketones (excluding diaryl/α,β-unsaturated/α-hetero) is 1. The molecule has 51 heavy (non-hydrogen) atoms. The summed E-state index contributed by atoms with van der Waals surface area (Å²) in [6, 6.07) is 24.8. The number of ketones is 1. The van der Waals surface area contributed by atoms with Crippen LogP contribution in [0.4, 0.5) is 8.78 Å². The van der Waals surface area contributed by atoms with Crippen LogP contribution in [0.2, 0.25) is 0 Å². The molecule has 1 unspecified atom stereocenters. The van der Waals surface area contributed by atoms with Gasteiger partial charge in [-0.3, -0.25) is 4.79 Å². The summed E-state index contributed by atoms with van der Waals surface area (Å²) in [5.41, 5.74) is 3.47. The SMILES string of the molecule is COc1ccc(CSc2cc(CF)cc(C(=O)CO)c2)cc1.COc1ccc(CSc2cc(CF)cc(C(=O)O)c2)cc1.OC1CCCO1.[Li+].[OH-]. The maximum Gasteiger partial charge on any atom is 1.00 e. The molecule has 0 aliphatic carbocycles. The predicted molar refractivity (Wildman–Crippen MR) is 189 cm³/mol. The van der Waals surface area contributed by atoms with Crippen LogP contribution >= 0.6 is 23.5 Å². The van der Waals surface area contributed by atoms with Crippen molar-refractivity contribution in [3.8, 4) is 11.5 Å². The van der Waals surface area contributed by atoms with Gasteiger partial charge in [-0.1, -0.05) is 24.3 Å². The zero-order valence-electron chi connectivity index (χ0n) is 28.7. The molecule has 1 saturated heterocycles. The molecular weight excluding hydrogens is 697 g/mol. The van der Waals surface area contributed by atoms with Crippen LogP contribution in [-0.4, -0.2) is 66.3 Å². The molecule has 270 valence electrons. The van der Waals surface area contributed by atoms with Gasteiger partial charge in [0.05, 0.1) is 19.8 Å². The number of carbonyl (C=O) groups is 2. The molecule has 0 radical (unpaired) electrons. The number of thioether (sulfide) groups is 2. The van der Waals surface area contributed by atoms with E-state index in [9.17, 15) is 18.4 Å². The van der Waals surface area contributed by atoms with Gasteiger partial charge in [0.2, 0.25) is 0 Å². The Bertz CT molecular complexity index is 1620. The molecule has 0 bridgehead atoms. The van der Waals surface area contributed by atoms with Gasteiger partial charge in [0.15, 0.2) is 12.1 Å². The predicted octanol–water partition coefficient (Wildman–Crippen LogP) is 4.73. The Morgan fingerprint density at radius 1 is 0.765 bits per heavy atom. The minimum absolute atomic E-state index is 0. The summed E-state index contributed by atoms with van der Waals surface area (Å²) in [6.07, 6.45) is 1.38. The third-order valence-electron chi connectivity index (χ3n) is 6.99. The van der Waals surface area contributed by atoms with Gasteiger partial charge < -0.3 is 35.0 Å². The van der Waals surface area contributed by atoms with Crippen molar-refractivity contribution in [1.82, 2.24) is 0 Å². The van der Waals surface area contributed by atoms with E-state index >= 15 is 0 Å². The molecule has 0 spiro atoms. The van der Waals surface area contributed by atoms with Gasteiger partial charge in [-0.25, -0.2) is 13.6 Å². The van der Waals surface area contributed by atoms with Crippen molar-refractivity contribution in [2.75, 3.05) is 27.4 Å². The van der Waals surface area contributed by atoms with Crippen LogP contribution in [0.5, 0.6) is 11.5 Å². The second-order valence-electron chi connectivity index (χ2n) is 10.6. The molecular formula is C37H41F2LiO9S2. The average molecular weight is 739 g/mol. The van der Waals surface area contributed by atoms with Crippen LogP contribution in [0.25, 0.3) is 0 Å². The number of aliphatic hydroxyl groups is 2. The molecule has 0 aromatic heterocycles. The topological polar surface area (TPSA) is 153 Å². The van der Waals surface area contributed by atoms with Gasteiger partial charge in [0, 0.05) is 39.9 Å². The minimum atomic E-state index is -1.04. The van der Waals surface area contributed by atoms with Gasteiger partial charge in [-0.2, -0.15) is 0 Å². The van der Waals surface area contributed by atoms with E-state index in [0.29, 0.717) is 28.2 Å². The first-order chi connectivity index (χ1) is 23.7. The number of rotatable bonds is 13. The fourth-order valence-corrected chi connectivity index (χ4v) is 6.30. The number of carboxylic acid groups (broad SMARTS) is 1. The molecule has 4 aromatic rings. The number of carboxylic acids is 1. The van der Waals surface area contributed by atoms with Gasteiger partial charge in [0.1, 0.15) is 31.5 Å². The first-order valence-corrected chi connectivity index (χ1v) is 17.2. The summed E-state index contributed by atoms with van der Waals surface area (Å²) in [7, 11) is 3.23. The minimum Gasteiger partial charge on any atom is -0.870 e. The van der Waals surface area contributed by atoms with Gasteiger partial charge in [-0.05, 0) is 89.3 Å². The van der Waals surface area contributed by atoms with E-state index in [2.05, 4.69) is 0 Å². The van der Waals surface area contributed by atoms with Crippen molar-refractivity contribution in [2.45, 2.75) is 53.8 Å². The van der Waals surface area contributed by atoms with E-state index < -0.39 is 38.0 Å². The number of aromatic carboxylic acids is 1. The number of hydrogen-bond acceptors (Lipinski definition) is 10. The number of halogens is 2. The number of benzene rings is 4. The van der Waals surface area contributed by atoms with E-state index in [0.717, 1.165) is 51.9 Å². The number of methoxy groups -OCH3 is 2. The zero-order valence-corrected chi connectivity index (χ0v) is 30.4. The first-order valence-electron chi connectivity index (χ1n) is 15.3. The normalized spacial score (nSPS) is 12.9. The standard InChI is InChI=1S/C17H17FO3S.C16H15FO3S.C4H8O2.Li.H2O/c1-21-15-4-2-12(3-5-15)11-22-16-7-13(9-18)6-14(8-16)17(20)10-19;1-20-14-4-2-11(3-5-14)10-21-15-7-12(9-17)6-13(8-15)16(18)19;5-4-2-1-3-6-4;;/h2-8,19H,9-11H2,1H3;2-8H,9-10H2,1H3,(H,18,19);4-5H,1-3H2;;1H2/q;;;+1;/p-1. The summed E-state index contributed by atoms with van der Waals surface area (Å²) in [5.74, 6) is 1.52. The van der Waals surface area contributed by atoms with Gasteiger partial charge in [0.25, 0.3) is 0 Å². The average Bonchev–Trinajstić information content (AvgIpc) is 3.64. The van der Waals surface area contributed by atoms with E-state index in [-0.39, 0.29) is 29.9 Å². The van der Waals surface area contributed by atoms with Crippen molar-refractivity contribution in [3.63, 3.8) is 0 Å². The van der Waals surface area contributed by atoms with Gasteiger partial charge >= 0.3 is 24.8 Å². The molecule has 4 N–H and O–H groups in total. The molecule has 14 heteroatoms. The van der Waals surface area contributed by atoms with Crippen LogP contribution < -0.4 is 28.3 Å². The Labute approximate surface area is 317 Å². The second kappa shape index (κ2) is 24.7. The zero-order chi connectivity index (χ0) is 35.6. The number of hydrogen-bond donors (Lipinski definition) is 3. The fourth-order valence-electron chi connectivity index (χ4n) is 4.36. The number of carbonyl (C=O) groups excluding carboxylic acids is 1. The van der Waals surface area contributed by atoms with Crippen LogP contribution in [0, 0.1) is 0 Å². The number of aliphatic hydroxyl groups excluding tert-OH is 2. The third kappa shape index (κ3) is 16.2. The Morgan fingerprint density at radius 3 is 1.55 bits per heavy atom. The summed E-state index contributed by atoms with van der Waals surface area (Å²) in [5, 5.41) is 26.5. The van der Waals surface area contributed by atoms with Crippen LogP contribution in [-0.2, 0) is 29.6 Å². The molecule has 1 heterocycles. The molecule has 1 aliphatic rings. The van der Waals surface area contributed by atoms with E-state index in [4.69, 9.17) is 29.5 Å².